The number of hydrogen-bond donors (Lipinski definition) is 0. The third-order valence-electron chi connectivity index (χ3n) is 4.66. The molecule has 0 aliphatic carbocycles. The van der Waals surface area contributed by atoms with Gasteiger partial charge in [0.15, 0.2) is 0 Å². The topological polar surface area (TPSA) is 30.3 Å². The van der Waals surface area contributed by atoms with Crippen molar-refractivity contribution < 1.29 is 4.74 Å². The van der Waals surface area contributed by atoms with Gasteiger partial charge in [0.2, 0.25) is 0 Å². The van der Waals surface area contributed by atoms with Crippen LogP contribution in [0, 0.1) is 13.8 Å². The van der Waals surface area contributed by atoms with Crippen LogP contribution in [-0.2, 0) is 11.4 Å². The van der Waals surface area contributed by atoms with Crippen LogP contribution in [0.4, 0.5) is 0 Å². The summed E-state index contributed by atoms with van der Waals surface area (Å²) in [6.07, 6.45) is 0. The lowest BCUT2D eigenvalue weighted by Crippen LogP contribution is -2.37. The molecule has 1 aliphatic rings. The Bertz CT molecular complexity index is 845. The van der Waals surface area contributed by atoms with Gasteiger partial charge < -0.3 is 9.30 Å². The smallest absolute Gasteiger partial charge is 0.142 e. The van der Waals surface area contributed by atoms with Crippen molar-refractivity contribution in [2.45, 2.75) is 20.5 Å². The molecule has 0 spiro atoms. The molecular weight excluding hydrogens is 298 g/mol. The fourth-order valence-electron chi connectivity index (χ4n) is 3.25. The fourth-order valence-corrected chi connectivity index (χ4v) is 3.25. The van der Waals surface area contributed by atoms with Crippen LogP contribution in [0.15, 0.2) is 42.5 Å². The first-order valence-corrected chi connectivity index (χ1v) is 8.55. The second-order valence-electron chi connectivity index (χ2n) is 6.59. The molecule has 0 N–H and O–H groups in total. The van der Waals surface area contributed by atoms with Crippen molar-refractivity contribution in [1.29, 1.82) is 0 Å². The van der Waals surface area contributed by atoms with Gasteiger partial charge in [0, 0.05) is 18.7 Å². The van der Waals surface area contributed by atoms with E-state index in [-0.39, 0.29) is 0 Å². The van der Waals surface area contributed by atoms with Crippen LogP contribution in [0.5, 0.6) is 0 Å². The van der Waals surface area contributed by atoms with Crippen molar-refractivity contribution in [3.8, 4) is 11.4 Å². The molecule has 0 bridgehead atoms. The van der Waals surface area contributed by atoms with E-state index in [0.717, 1.165) is 44.3 Å². The van der Waals surface area contributed by atoms with Crippen LogP contribution in [0.3, 0.4) is 0 Å². The number of aromatic nitrogens is 2. The van der Waals surface area contributed by atoms with E-state index in [9.17, 15) is 0 Å². The van der Waals surface area contributed by atoms with Crippen molar-refractivity contribution in [3.05, 3.63) is 53.6 Å². The largest absolute Gasteiger partial charge is 0.379 e. The molecule has 0 unspecified atom stereocenters. The zero-order chi connectivity index (χ0) is 16.5. The Morgan fingerprint density at radius 2 is 1.67 bits per heavy atom. The van der Waals surface area contributed by atoms with Crippen LogP contribution < -0.4 is 0 Å². The van der Waals surface area contributed by atoms with Gasteiger partial charge in [0.05, 0.1) is 30.9 Å². The Kier molecular flexibility index (Phi) is 4.08. The van der Waals surface area contributed by atoms with Crippen LogP contribution >= 0.6 is 0 Å². The summed E-state index contributed by atoms with van der Waals surface area (Å²) < 4.78 is 7.82. The lowest BCUT2D eigenvalue weighted by molar-refractivity contribution is 0.0244. The van der Waals surface area contributed by atoms with Gasteiger partial charge in [-0.2, -0.15) is 0 Å². The second-order valence-corrected chi connectivity index (χ2v) is 6.59. The number of rotatable bonds is 3. The molecule has 4 nitrogen and oxygen atoms in total. The highest BCUT2D eigenvalue weighted by Gasteiger charge is 2.17. The van der Waals surface area contributed by atoms with Gasteiger partial charge >= 0.3 is 0 Å². The molecule has 0 atom stereocenters. The van der Waals surface area contributed by atoms with E-state index in [1.54, 1.807) is 0 Å². The molecule has 1 aromatic heterocycles. The van der Waals surface area contributed by atoms with Gasteiger partial charge in [-0.3, -0.25) is 4.90 Å². The average molecular weight is 321 g/mol. The van der Waals surface area contributed by atoms with E-state index >= 15 is 0 Å². The number of hydrogen-bond acceptors (Lipinski definition) is 3. The summed E-state index contributed by atoms with van der Waals surface area (Å²) in [6.45, 7) is 8.65. The predicted octanol–water partition coefficient (Wildman–Crippen LogP) is 3.61. The number of ether oxygens (including phenoxy) is 1. The zero-order valence-corrected chi connectivity index (χ0v) is 14.3. The van der Waals surface area contributed by atoms with Crippen LogP contribution in [0.25, 0.3) is 22.4 Å². The zero-order valence-electron chi connectivity index (χ0n) is 14.3. The Balaban J connectivity index is 1.81. The molecule has 0 radical (unpaired) electrons. The highest BCUT2D eigenvalue weighted by atomic mass is 16.5. The minimum atomic E-state index is 0.811. The van der Waals surface area contributed by atoms with Gasteiger partial charge in [0.25, 0.3) is 0 Å². The van der Waals surface area contributed by atoms with E-state index in [0.29, 0.717) is 0 Å². The maximum Gasteiger partial charge on any atom is 0.142 e. The quantitative estimate of drug-likeness (QED) is 0.738. The minimum absolute atomic E-state index is 0.811. The third-order valence-corrected chi connectivity index (χ3v) is 4.66. The maximum absolute atomic E-state index is 5.48. The molecule has 4 heteroatoms. The first-order valence-electron chi connectivity index (χ1n) is 8.55. The molecule has 4 rings (SSSR count). The summed E-state index contributed by atoms with van der Waals surface area (Å²) >= 11 is 0. The van der Waals surface area contributed by atoms with E-state index in [2.05, 4.69) is 65.8 Å². The van der Waals surface area contributed by atoms with Gasteiger partial charge in [0.1, 0.15) is 5.82 Å². The molecule has 2 aromatic carbocycles. The summed E-state index contributed by atoms with van der Waals surface area (Å²) in [7, 11) is 0. The summed E-state index contributed by atoms with van der Waals surface area (Å²) in [5, 5.41) is 0. The summed E-state index contributed by atoms with van der Waals surface area (Å²) in [4.78, 5) is 7.38. The van der Waals surface area contributed by atoms with E-state index < -0.39 is 0 Å². The van der Waals surface area contributed by atoms with Crippen molar-refractivity contribution in [3.63, 3.8) is 0 Å². The monoisotopic (exact) mass is 321 g/mol. The van der Waals surface area contributed by atoms with Crippen molar-refractivity contribution >= 4 is 11.0 Å². The lowest BCUT2D eigenvalue weighted by Gasteiger charge is -2.27. The van der Waals surface area contributed by atoms with Crippen LogP contribution in [-0.4, -0.2) is 40.8 Å². The normalized spacial score (nSPS) is 15.9. The second kappa shape index (κ2) is 6.38. The van der Waals surface area contributed by atoms with Crippen LogP contribution in [0.1, 0.15) is 11.1 Å². The molecule has 1 saturated heterocycles. The standard InChI is InChI=1S/C20H23N3O/c1-15-3-6-17(7-4-15)20-21-18-13-16(2)5-8-19(18)23(20)14-22-9-11-24-12-10-22/h3-8,13H,9-12,14H2,1-2H3. The molecule has 1 fully saturated rings. The SMILES string of the molecule is Cc1ccc(-c2nc3cc(C)ccc3n2CN2CCOCC2)cc1. The first-order chi connectivity index (χ1) is 11.7. The molecular formula is C20H23N3O. The first kappa shape index (κ1) is 15.4. The van der Waals surface area contributed by atoms with Crippen molar-refractivity contribution in [1.82, 2.24) is 14.5 Å². The molecule has 0 saturated carbocycles. The van der Waals surface area contributed by atoms with Gasteiger partial charge in [-0.15, -0.1) is 0 Å². The van der Waals surface area contributed by atoms with Gasteiger partial charge in [-0.05, 0) is 31.5 Å². The van der Waals surface area contributed by atoms with E-state index in [1.165, 1.54) is 22.2 Å². The number of aryl methyl sites for hydroxylation is 2. The minimum Gasteiger partial charge on any atom is -0.379 e. The maximum atomic E-state index is 5.48. The summed E-state index contributed by atoms with van der Waals surface area (Å²) in [6, 6.07) is 15.2. The number of morpholine rings is 1. The summed E-state index contributed by atoms with van der Waals surface area (Å²) in [5.74, 6) is 1.04. The average Bonchev–Trinajstić information content (AvgIpc) is 2.94. The number of imidazole rings is 1. The number of fused-ring (bicyclic) bond motifs is 1. The lowest BCUT2D eigenvalue weighted by atomic mass is 10.1. The molecule has 3 aromatic rings. The third kappa shape index (κ3) is 2.95. The molecule has 2 heterocycles. The Labute approximate surface area is 142 Å². The number of nitrogens with zero attached hydrogens (tertiary/aromatic N) is 3. The fraction of sp³-hybridized carbons (Fsp3) is 0.350. The highest BCUT2D eigenvalue weighted by Crippen LogP contribution is 2.26. The highest BCUT2D eigenvalue weighted by molar-refractivity contribution is 5.81. The van der Waals surface area contributed by atoms with Gasteiger partial charge in [-0.25, -0.2) is 4.98 Å². The van der Waals surface area contributed by atoms with E-state index in [1.807, 2.05) is 0 Å². The predicted molar refractivity (Wildman–Crippen MR) is 97.0 cm³/mol. The van der Waals surface area contributed by atoms with Gasteiger partial charge in [-0.1, -0.05) is 35.9 Å². The van der Waals surface area contributed by atoms with Crippen molar-refractivity contribution in [2.24, 2.45) is 0 Å². The van der Waals surface area contributed by atoms with E-state index in [4.69, 9.17) is 9.72 Å². The molecule has 124 valence electrons. The van der Waals surface area contributed by atoms with Crippen LogP contribution in [0.2, 0.25) is 0 Å². The Hall–Kier alpha value is -2.17. The number of benzene rings is 2. The molecule has 1 aliphatic heterocycles. The molecule has 24 heavy (non-hydrogen) atoms. The summed E-state index contributed by atoms with van der Waals surface area (Å²) in [5.41, 5.74) is 5.95. The Morgan fingerprint density at radius 3 is 2.42 bits per heavy atom. The molecule has 0 amide bonds. The Morgan fingerprint density at radius 1 is 0.958 bits per heavy atom. The van der Waals surface area contributed by atoms with Crippen molar-refractivity contribution in [2.75, 3.05) is 26.3 Å².